The molecule has 17 heavy (non-hydrogen) atoms. The molecule has 1 heterocycles. The predicted molar refractivity (Wildman–Crippen MR) is 68.9 cm³/mol. The van der Waals surface area contributed by atoms with Crippen LogP contribution >= 0.6 is 0 Å². The van der Waals surface area contributed by atoms with Gasteiger partial charge in [-0.05, 0) is 19.8 Å². The Morgan fingerprint density at radius 3 is 2.59 bits per heavy atom. The number of hydrogen-bond donors (Lipinski definition) is 2. The summed E-state index contributed by atoms with van der Waals surface area (Å²) in [5, 5.41) is 6.90. The van der Waals surface area contributed by atoms with E-state index in [-0.39, 0.29) is 5.91 Å². The first-order valence-electron chi connectivity index (χ1n) is 6.27. The summed E-state index contributed by atoms with van der Waals surface area (Å²) in [7, 11) is 0. The van der Waals surface area contributed by atoms with Crippen molar-refractivity contribution < 1.29 is 4.79 Å². The van der Waals surface area contributed by atoms with Gasteiger partial charge in [-0.25, -0.2) is 0 Å². The standard InChI is InChI=1S/C12H22N4O/c1-4-7-9-10(13)11(15-14-9)12(17)16(6-3)8-5-2/h4-8,13H2,1-3H3,(H,14,15). The number of carbonyl (C=O) groups excluding carboxylic acids is 1. The summed E-state index contributed by atoms with van der Waals surface area (Å²) in [5.41, 5.74) is 7.67. The van der Waals surface area contributed by atoms with Crippen LogP contribution in [0.4, 0.5) is 5.69 Å². The molecule has 3 N–H and O–H groups in total. The van der Waals surface area contributed by atoms with Gasteiger partial charge in [-0.3, -0.25) is 9.89 Å². The van der Waals surface area contributed by atoms with E-state index >= 15 is 0 Å². The van der Waals surface area contributed by atoms with Crippen LogP contribution in [0.3, 0.4) is 0 Å². The number of nitrogens with one attached hydrogen (secondary N) is 1. The van der Waals surface area contributed by atoms with Gasteiger partial charge >= 0.3 is 0 Å². The Hall–Kier alpha value is -1.52. The normalized spacial score (nSPS) is 10.5. The van der Waals surface area contributed by atoms with Gasteiger partial charge in [-0.15, -0.1) is 0 Å². The maximum atomic E-state index is 12.2. The molecule has 0 unspecified atom stereocenters. The summed E-state index contributed by atoms with van der Waals surface area (Å²) >= 11 is 0. The van der Waals surface area contributed by atoms with E-state index in [0.717, 1.165) is 31.5 Å². The number of aromatic amines is 1. The van der Waals surface area contributed by atoms with Gasteiger partial charge in [0.1, 0.15) is 0 Å². The molecule has 0 bridgehead atoms. The second-order valence-corrected chi connectivity index (χ2v) is 4.10. The Kier molecular flexibility index (Phi) is 5.00. The molecule has 1 aromatic heterocycles. The lowest BCUT2D eigenvalue weighted by atomic mass is 10.2. The number of amides is 1. The van der Waals surface area contributed by atoms with Crippen LogP contribution in [0.25, 0.3) is 0 Å². The number of nitrogens with two attached hydrogens (primary N) is 1. The molecule has 5 nitrogen and oxygen atoms in total. The van der Waals surface area contributed by atoms with E-state index in [2.05, 4.69) is 17.1 Å². The molecule has 0 aliphatic rings. The Morgan fingerprint density at radius 1 is 1.35 bits per heavy atom. The topological polar surface area (TPSA) is 75.0 Å². The third kappa shape index (κ3) is 2.99. The predicted octanol–water partition coefficient (Wildman–Crippen LogP) is 1.82. The lowest BCUT2D eigenvalue weighted by Crippen LogP contribution is -2.32. The van der Waals surface area contributed by atoms with Crippen molar-refractivity contribution in [3.8, 4) is 0 Å². The summed E-state index contributed by atoms with van der Waals surface area (Å²) in [5.74, 6) is -0.0783. The van der Waals surface area contributed by atoms with Crippen LogP contribution in [0, 0.1) is 0 Å². The van der Waals surface area contributed by atoms with E-state index in [4.69, 9.17) is 5.73 Å². The van der Waals surface area contributed by atoms with Gasteiger partial charge in [0.25, 0.3) is 5.91 Å². The third-order valence-corrected chi connectivity index (χ3v) is 2.75. The van der Waals surface area contributed by atoms with Gasteiger partial charge in [0.05, 0.1) is 11.4 Å². The Balaban J connectivity index is 2.88. The fourth-order valence-electron chi connectivity index (χ4n) is 1.81. The molecule has 0 aromatic carbocycles. The lowest BCUT2D eigenvalue weighted by molar-refractivity contribution is 0.0759. The van der Waals surface area contributed by atoms with Crippen molar-refractivity contribution >= 4 is 11.6 Å². The van der Waals surface area contributed by atoms with Crippen LogP contribution in [0.1, 0.15) is 49.8 Å². The fraction of sp³-hybridized carbons (Fsp3) is 0.667. The molecule has 0 aliphatic carbocycles. The number of nitrogen functional groups attached to an aromatic ring is 1. The number of rotatable bonds is 6. The number of H-pyrrole nitrogens is 1. The number of hydrogen-bond acceptors (Lipinski definition) is 3. The SMILES string of the molecule is CCCc1[nH]nc(C(=O)N(CC)CCC)c1N. The zero-order chi connectivity index (χ0) is 12.8. The minimum atomic E-state index is -0.0783. The van der Waals surface area contributed by atoms with E-state index in [1.54, 1.807) is 4.90 Å². The number of anilines is 1. The second-order valence-electron chi connectivity index (χ2n) is 4.10. The zero-order valence-corrected chi connectivity index (χ0v) is 10.9. The highest BCUT2D eigenvalue weighted by atomic mass is 16.2. The summed E-state index contributed by atoms with van der Waals surface area (Å²) in [6, 6.07) is 0. The average Bonchev–Trinajstić information content (AvgIpc) is 2.68. The minimum absolute atomic E-state index is 0.0783. The van der Waals surface area contributed by atoms with Gasteiger partial charge < -0.3 is 10.6 Å². The fourth-order valence-corrected chi connectivity index (χ4v) is 1.81. The van der Waals surface area contributed by atoms with Crippen LogP contribution in [-0.4, -0.2) is 34.1 Å². The van der Waals surface area contributed by atoms with Crippen molar-refractivity contribution in [3.63, 3.8) is 0 Å². The lowest BCUT2D eigenvalue weighted by Gasteiger charge is -2.18. The van der Waals surface area contributed by atoms with Gasteiger partial charge in [0.15, 0.2) is 5.69 Å². The molecular formula is C12H22N4O. The average molecular weight is 238 g/mol. The molecule has 96 valence electrons. The Morgan fingerprint density at radius 2 is 2.06 bits per heavy atom. The highest BCUT2D eigenvalue weighted by Gasteiger charge is 2.21. The number of carbonyl (C=O) groups is 1. The second kappa shape index (κ2) is 6.27. The summed E-state index contributed by atoms with van der Waals surface area (Å²) in [4.78, 5) is 13.9. The van der Waals surface area contributed by atoms with Crippen LogP contribution in [0.15, 0.2) is 0 Å². The number of nitrogens with zero attached hydrogens (tertiary/aromatic N) is 2. The molecule has 0 atom stereocenters. The molecule has 0 spiro atoms. The van der Waals surface area contributed by atoms with E-state index in [9.17, 15) is 4.79 Å². The molecule has 0 fully saturated rings. The smallest absolute Gasteiger partial charge is 0.276 e. The maximum absolute atomic E-state index is 12.2. The molecule has 1 amide bonds. The van der Waals surface area contributed by atoms with E-state index in [1.807, 2.05) is 13.8 Å². The van der Waals surface area contributed by atoms with Gasteiger partial charge in [0.2, 0.25) is 0 Å². The maximum Gasteiger partial charge on any atom is 0.276 e. The van der Waals surface area contributed by atoms with Gasteiger partial charge in [-0.1, -0.05) is 20.3 Å². The molecule has 5 heteroatoms. The van der Waals surface area contributed by atoms with Crippen molar-refractivity contribution in [1.82, 2.24) is 15.1 Å². The van der Waals surface area contributed by atoms with Crippen molar-refractivity contribution in [3.05, 3.63) is 11.4 Å². The first-order chi connectivity index (χ1) is 8.15. The highest BCUT2D eigenvalue weighted by molar-refractivity contribution is 5.97. The number of aromatic nitrogens is 2. The summed E-state index contributed by atoms with van der Waals surface area (Å²) in [6.07, 6.45) is 2.74. The molecule has 0 saturated heterocycles. The van der Waals surface area contributed by atoms with Crippen molar-refractivity contribution in [2.24, 2.45) is 0 Å². The monoisotopic (exact) mass is 238 g/mol. The van der Waals surface area contributed by atoms with Crippen molar-refractivity contribution in [2.75, 3.05) is 18.8 Å². The Labute approximate surface area is 102 Å². The summed E-state index contributed by atoms with van der Waals surface area (Å²) < 4.78 is 0. The molecule has 0 aliphatic heterocycles. The minimum Gasteiger partial charge on any atom is -0.395 e. The molecule has 1 rings (SSSR count). The largest absolute Gasteiger partial charge is 0.395 e. The molecule has 0 saturated carbocycles. The van der Waals surface area contributed by atoms with E-state index in [0.29, 0.717) is 17.9 Å². The molecule has 0 radical (unpaired) electrons. The first-order valence-corrected chi connectivity index (χ1v) is 6.27. The van der Waals surface area contributed by atoms with Gasteiger partial charge in [0, 0.05) is 13.1 Å². The van der Waals surface area contributed by atoms with Crippen LogP contribution in [0.5, 0.6) is 0 Å². The highest BCUT2D eigenvalue weighted by Crippen LogP contribution is 2.17. The first kappa shape index (κ1) is 13.5. The number of aryl methyl sites for hydroxylation is 1. The molecule has 1 aromatic rings. The van der Waals surface area contributed by atoms with E-state index in [1.165, 1.54) is 0 Å². The van der Waals surface area contributed by atoms with Gasteiger partial charge in [-0.2, -0.15) is 5.10 Å². The van der Waals surface area contributed by atoms with Crippen molar-refractivity contribution in [1.29, 1.82) is 0 Å². The molecular weight excluding hydrogens is 216 g/mol. The Bertz CT molecular complexity index is 373. The summed E-state index contributed by atoms with van der Waals surface area (Å²) in [6.45, 7) is 7.50. The van der Waals surface area contributed by atoms with Crippen LogP contribution < -0.4 is 5.73 Å². The zero-order valence-electron chi connectivity index (χ0n) is 10.9. The van der Waals surface area contributed by atoms with Crippen LogP contribution in [0.2, 0.25) is 0 Å². The van der Waals surface area contributed by atoms with Crippen molar-refractivity contribution in [2.45, 2.75) is 40.0 Å². The quantitative estimate of drug-likeness (QED) is 0.793. The van der Waals surface area contributed by atoms with E-state index < -0.39 is 0 Å². The van der Waals surface area contributed by atoms with Crippen LogP contribution in [-0.2, 0) is 6.42 Å². The third-order valence-electron chi connectivity index (χ3n) is 2.75.